The number of hydrogen-bond donors (Lipinski definition) is 2. The number of rotatable bonds is 4. The van der Waals surface area contributed by atoms with Crippen LogP contribution in [0.25, 0.3) is 0 Å². The summed E-state index contributed by atoms with van der Waals surface area (Å²) in [7, 11) is 0. The Labute approximate surface area is 113 Å². The van der Waals surface area contributed by atoms with Crippen LogP contribution in [0.4, 0.5) is 4.79 Å². The Bertz CT molecular complexity index is 388. The van der Waals surface area contributed by atoms with Crippen molar-refractivity contribution in [2.24, 2.45) is 17.3 Å². The molecule has 1 heterocycles. The van der Waals surface area contributed by atoms with Crippen LogP contribution in [0.3, 0.4) is 0 Å². The smallest absolute Gasteiger partial charge is 0.317 e. The zero-order valence-corrected chi connectivity index (χ0v) is 11.2. The number of likely N-dealkylation sites (tertiary alicyclic amines) is 1. The minimum atomic E-state index is -0.783. The zero-order valence-electron chi connectivity index (χ0n) is 11.2. The topological polar surface area (TPSA) is 69.6 Å². The maximum absolute atomic E-state index is 12.1. The number of piperidine rings is 1. The summed E-state index contributed by atoms with van der Waals surface area (Å²) in [6.07, 6.45) is 6.61. The van der Waals surface area contributed by atoms with Crippen molar-refractivity contribution in [2.45, 2.75) is 38.5 Å². The van der Waals surface area contributed by atoms with E-state index in [1.165, 1.54) is 25.7 Å². The molecule has 19 heavy (non-hydrogen) atoms. The molecule has 1 atom stereocenters. The second-order valence-corrected chi connectivity index (χ2v) is 6.42. The van der Waals surface area contributed by atoms with Gasteiger partial charge < -0.3 is 15.3 Å². The third-order valence-corrected chi connectivity index (χ3v) is 4.99. The first-order valence-corrected chi connectivity index (χ1v) is 7.36. The molecule has 0 aromatic rings. The summed E-state index contributed by atoms with van der Waals surface area (Å²) in [5.41, 5.74) is 0.400. The standard InChI is InChI=1S/C14H22N2O3/c17-12(18)10-2-1-7-16(8-10)13(19)15-9-14(5-6-14)11-3-4-11/h10-11H,1-9H2,(H,15,19)(H,17,18)/t10-/m0/s1. The summed E-state index contributed by atoms with van der Waals surface area (Å²) in [5.74, 6) is -0.340. The van der Waals surface area contributed by atoms with E-state index in [2.05, 4.69) is 5.32 Å². The average Bonchev–Trinajstić information content (AvgIpc) is 3.28. The molecule has 3 fully saturated rings. The summed E-state index contributed by atoms with van der Waals surface area (Å²) in [6.45, 7) is 1.83. The van der Waals surface area contributed by atoms with E-state index in [0.717, 1.165) is 18.9 Å². The summed E-state index contributed by atoms with van der Waals surface area (Å²) in [5, 5.41) is 12.1. The Balaban J connectivity index is 1.48. The van der Waals surface area contributed by atoms with Gasteiger partial charge in [0.1, 0.15) is 0 Å². The van der Waals surface area contributed by atoms with Crippen LogP contribution >= 0.6 is 0 Å². The average molecular weight is 266 g/mol. The molecule has 5 heteroatoms. The third kappa shape index (κ3) is 2.69. The third-order valence-electron chi connectivity index (χ3n) is 4.99. The molecule has 0 unspecified atom stereocenters. The molecule has 1 aliphatic heterocycles. The van der Waals surface area contributed by atoms with Gasteiger partial charge in [-0.2, -0.15) is 0 Å². The van der Waals surface area contributed by atoms with Gasteiger partial charge in [0.2, 0.25) is 0 Å². The van der Waals surface area contributed by atoms with Crippen molar-refractivity contribution >= 4 is 12.0 Å². The number of carboxylic acids is 1. The molecule has 3 rings (SSSR count). The van der Waals surface area contributed by atoms with Crippen molar-refractivity contribution in [1.29, 1.82) is 0 Å². The van der Waals surface area contributed by atoms with Gasteiger partial charge in [0, 0.05) is 19.6 Å². The minimum absolute atomic E-state index is 0.0714. The lowest BCUT2D eigenvalue weighted by Gasteiger charge is -2.31. The quantitative estimate of drug-likeness (QED) is 0.813. The van der Waals surface area contributed by atoms with Gasteiger partial charge in [0.15, 0.2) is 0 Å². The van der Waals surface area contributed by atoms with Crippen LogP contribution in [0.1, 0.15) is 38.5 Å². The fourth-order valence-corrected chi connectivity index (χ4v) is 3.31. The molecule has 0 bridgehead atoms. The van der Waals surface area contributed by atoms with Crippen molar-refractivity contribution in [3.05, 3.63) is 0 Å². The highest BCUT2D eigenvalue weighted by molar-refractivity contribution is 5.76. The predicted molar refractivity (Wildman–Crippen MR) is 69.7 cm³/mol. The van der Waals surface area contributed by atoms with E-state index in [0.29, 0.717) is 24.9 Å². The lowest BCUT2D eigenvalue weighted by molar-refractivity contribution is -0.143. The molecule has 3 aliphatic rings. The highest BCUT2D eigenvalue weighted by Crippen LogP contribution is 2.60. The largest absolute Gasteiger partial charge is 0.481 e. The van der Waals surface area contributed by atoms with Gasteiger partial charge in [-0.1, -0.05) is 0 Å². The fraction of sp³-hybridized carbons (Fsp3) is 0.857. The number of urea groups is 1. The van der Waals surface area contributed by atoms with E-state index in [-0.39, 0.29) is 6.03 Å². The maximum atomic E-state index is 12.1. The maximum Gasteiger partial charge on any atom is 0.317 e. The normalized spacial score (nSPS) is 28.8. The molecule has 5 nitrogen and oxygen atoms in total. The molecular formula is C14H22N2O3. The van der Waals surface area contributed by atoms with E-state index in [1.807, 2.05) is 0 Å². The molecule has 2 amide bonds. The number of hydrogen-bond acceptors (Lipinski definition) is 2. The monoisotopic (exact) mass is 266 g/mol. The SMILES string of the molecule is O=C(O)[C@H]1CCCN(C(=O)NCC2(C3CC3)CC2)C1. The first-order chi connectivity index (χ1) is 9.11. The van der Waals surface area contributed by atoms with E-state index in [9.17, 15) is 9.59 Å². The molecule has 0 spiro atoms. The molecule has 2 aliphatic carbocycles. The molecule has 106 valence electrons. The molecule has 0 aromatic carbocycles. The number of amides is 2. The lowest BCUT2D eigenvalue weighted by atomic mass is 9.98. The van der Waals surface area contributed by atoms with Crippen LogP contribution in [0, 0.1) is 17.3 Å². The van der Waals surface area contributed by atoms with Gasteiger partial charge in [-0.05, 0) is 49.9 Å². The van der Waals surface area contributed by atoms with Gasteiger partial charge in [-0.15, -0.1) is 0 Å². The Kier molecular flexibility index (Phi) is 3.15. The molecule has 2 saturated carbocycles. The Morgan fingerprint density at radius 3 is 2.58 bits per heavy atom. The highest BCUT2D eigenvalue weighted by Gasteiger charge is 2.53. The van der Waals surface area contributed by atoms with Crippen LogP contribution in [0.5, 0.6) is 0 Å². The number of aliphatic carboxylic acids is 1. The molecule has 0 radical (unpaired) electrons. The van der Waals surface area contributed by atoms with Crippen molar-refractivity contribution in [2.75, 3.05) is 19.6 Å². The van der Waals surface area contributed by atoms with Crippen LogP contribution in [-0.2, 0) is 4.79 Å². The van der Waals surface area contributed by atoms with E-state index >= 15 is 0 Å². The molecular weight excluding hydrogens is 244 g/mol. The van der Waals surface area contributed by atoms with Gasteiger partial charge in [-0.3, -0.25) is 4.79 Å². The molecule has 1 saturated heterocycles. The molecule has 2 N–H and O–H groups in total. The second-order valence-electron chi connectivity index (χ2n) is 6.42. The first kappa shape index (κ1) is 12.8. The van der Waals surface area contributed by atoms with E-state index < -0.39 is 11.9 Å². The van der Waals surface area contributed by atoms with Gasteiger partial charge in [0.05, 0.1) is 5.92 Å². The van der Waals surface area contributed by atoms with Crippen molar-refractivity contribution < 1.29 is 14.7 Å². The van der Waals surface area contributed by atoms with Crippen molar-refractivity contribution in [3.63, 3.8) is 0 Å². The van der Waals surface area contributed by atoms with Crippen LogP contribution in [-0.4, -0.2) is 41.6 Å². The minimum Gasteiger partial charge on any atom is -0.481 e. The van der Waals surface area contributed by atoms with Crippen molar-refractivity contribution in [1.82, 2.24) is 10.2 Å². The van der Waals surface area contributed by atoms with Crippen LogP contribution in [0.2, 0.25) is 0 Å². The van der Waals surface area contributed by atoms with Crippen LogP contribution < -0.4 is 5.32 Å². The number of carboxylic acid groups (broad SMARTS) is 1. The Morgan fingerprint density at radius 2 is 2.00 bits per heavy atom. The zero-order chi connectivity index (χ0) is 13.5. The number of carbonyl (C=O) groups excluding carboxylic acids is 1. The number of nitrogens with one attached hydrogen (secondary N) is 1. The Hall–Kier alpha value is -1.26. The summed E-state index contributed by atoms with van der Waals surface area (Å²) in [6, 6.07) is -0.0714. The van der Waals surface area contributed by atoms with E-state index in [4.69, 9.17) is 5.11 Å². The predicted octanol–water partition coefficient (Wildman–Crippen LogP) is 1.68. The highest BCUT2D eigenvalue weighted by atomic mass is 16.4. The lowest BCUT2D eigenvalue weighted by Crippen LogP contribution is -2.48. The van der Waals surface area contributed by atoms with Gasteiger partial charge >= 0.3 is 12.0 Å². The van der Waals surface area contributed by atoms with E-state index in [1.54, 1.807) is 4.90 Å². The van der Waals surface area contributed by atoms with Crippen molar-refractivity contribution in [3.8, 4) is 0 Å². The van der Waals surface area contributed by atoms with Gasteiger partial charge in [0.25, 0.3) is 0 Å². The van der Waals surface area contributed by atoms with Gasteiger partial charge in [-0.25, -0.2) is 4.79 Å². The fourth-order valence-electron chi connectivity index (χ4n) is 3.31. The molecule has 0 aromatic heterocycles. The first-order valence-electron chi connectivity index (χ1n) is 7.36. The number of carbonyl (C=O) groups is 2. The van der Waals surface area contributed by atoms with Crippen LogP contribution in [0.15, 0.2) is 0 Å². The summed E-state index contributed by atoms with van der Waals surface area (Å²) < 4.78 is 0. The Morgan fingerprint density at radius 1 is 1.26 bits per heavy atom. The summed E-state index contributed by atoms with van der Waals surface area (Å²) in [4.78, 5) is 24.8. The summed E-state index contributed by atoms with van der Waals surface area (Å²) >= 11 is 0. The number of nitrogens with zero attached hydrogens (tertiary/aromatic N) is 1. The second kappa shape index (κ2) is 4.69.